The minimum atomic E-state index is -4.41. The van der Waals surface area contributed by atoms with Gasteiger partial charge in [0.15, 0.2) is 5.82 Å². The molecule has 0 radical (unpaired) electrons. The monoisotopic (exact) mass is 466 g/mol. The maximum Gasteiger partial charge on any atom is 0.411 e. The fourth-order valence-electron chi connectivity index (χ4n) is 3.57. The number of nitrogens with one attached hydrogen (secondary N) is 1. The lowest BCUT2D eigenvalue weighted by Gasteiger charge is -2.30. The van der Waals surface area contributed by atoms with Crippen molar-refractivity contribution < 1.29 is 27.8 Å². The number of hydrogen-bond donors (Lipinski definition) is 2. The fraction of sp³-hybridized carbons (Fsp3) is 0.474. The van der Waals surface area contributed by atoms with E-state index in [1.54, 1.807) is 17.2 Å². The first-order valence-corrected chi connectivity index (χ1v) is 10.2. The van der Waals surface area contributed by atoms with Crippen molar-refractivity contribution in [3.8, 4) is 0 Å². The molecule has 4 heterocycles. The molecule has 0 aromatic carbocycles. The van der Waals surface area contributed by atoms with Gasteiger partial charge in [0.1, 0.15) is 29.8 Å². The number of carboxylic acid groups (broad SMARTS) is 1. The van der Waals surface area contributed by atoms with Crippen molar-refractivity contribution in [2.24, 2.45) is 5.92 Å². The lowest BCUT2D eigenvalue weighted by atomic mass is 9.99. The molecule has 1 atom stereocenters. The van der Waals surface area contributed by atoms with Crippen LogP contribution in [0, 0.1) is 5.92 Å². The number of halogens is 3. The third kappa shape index (κ3) is 5.63. The van der Waals surface area contributed by atoms with Crippen LogP contribution in [-0.4, -0.2) is 73.3 Å². The van der Waals surface area contributed by atoms with Crippen molar-refractivity contribution in [3.05, 3.63) is 24.8 Å². The van der Waals surface area contributed by atoms with Crippen LogP contribution in [0.5, 0.6) is 0 Å². The highest BCUT2D eigenvalue weighted by Crippen LogP contribution is 2.28. The fourth-order valence-corrected chi connectivity index (χ4v) is 3.57. The number of aromatic nitrogens is 6. The van der Waals surface area contributed by atoms with Gasteiger partial charge in [-0.1, -0.05) is 0 Å². The minimum absolute atomic E-state index is 0.0472. The van der Waals surface area contributed by atoms with Gasteiger partial charge in [0.05, 0.1) is 25.3 Å². The normalized spacial score (nSPS) is 16.8. The van der Waals surface area contributed by atoms with E-state index in [-0.39, 0.29) is 19.7 Å². The molecule has 2 N–H and O–H groups in total. The van der Waals surface area contributed by atoms with Crippen LogP contribution < -0.4 is 10.2 Å². The molecule has 1 aliphatic rings. The zero-order valence-corrected chi connectivity index (χ0v) is 17.4. The summed E-state index contributed by atoms with van der Waals surface area (Å²) >= 11 is 0. The van der Waals surface area contributed by atoms with E-state index in [4.69, 9.17) is 4.74 Å². The van der Waals surface area contributed by atoms with E-state index >= 15 is 0 Å². The Labute approximate surface area is 185 Å². The molecule has 1 fully saturated rings. The minimum Gasteiger partial charge on any atom is -0.481 e. The molecule has 176 valence electrons. The molecule has 14 heteroatoms. The third-order valence-corrected chi connectivity index (χ3v) is 5.07. The largest absolute Gasteiger partial charge is 0.481 e. The molecule has 4 rings (SSSR count). The number of nitrogens with zero attached hydrogens (tertiary/aromatic N) is 7. The lowest BCUT2D eigenvalue weighted by molar-refractivity contribution is -0.174. The summed E-state index contributed by atoms with van der Waals surface area (Å²) in [6.45, 7) is -0.642. The molecular weight excluding hydrogens is 445 g/mol. The van der Waals surface area contributed by atoms with E-state index in [2.05, 4.69) is 30.4 Å². The molecule has 0 bridgehead atoms. The number of piperidine rings is 1. The van der Waals surface area contributed by atoms with E-state index in [9.17, 15) is 23.1 Å². The summed E-state index contributed by atoms with van der Waals surface area (Å²) in [5.74, 6) is -0.284. The average Bonchev–Trinajstić information content (AvgIpc) is 3.20. The number of fused-ring (bicyclic) bond motifs is 1. The predicted octanol–water partition coefficient (Wildman–Crippen LogP) is 2.24. The highest BCUT2D eigenvalue weighted by Gasteiger charge is 2.29. The van der Waals surface area contributed by atoms with Crippen LogP contribution in [0.25, 0.3) is 11.0 Å². The number of rotatable bonds is 8. The second-order valence-electron chi connectivity index (χ2n) is 7.48. The Kier molecular flexibility index (Phi) is 6.53. The van der Waals surface area contributed by atoms with Crippen molar-refractivity contribution in [1.82, 2.24) is 29.7 Å². The lowest BCUT2D eigenvalue weighted by Crippen LogP contribution is -2.39. The van der Waals surface area contributed by atoms with Crippen LogP contribution >= 0.6 is 0 Å². The van der Waals surface area contributed by atoms with Crippen molar-refractivity contribution >= 4 is 34.6 Å². The van der Waals surface area contributed by atoms with Gasteiger partial charge in [0.2, 0.25) is 5.95 Å². The maximum atomic E-state index is 12.3. The number of alkyl halides is 3. The molecular formula is C19H21F3N8O3. The van der Waals surface area contributed by atoms with Crippen molar-refractivity contribution in [3.63, 3.8) is 0 Å². The van der Waals surface area contributed by atoms with Crippen LogP contribution in [-0.2, 0) is 16.1 Å². The summed E-state index contributed by atoms with van der Waals surface area (Å²) in [4.78, 5) is 30.4. The Balaban J connectivity index is 1.64. The number of hydrogen-bond acceptors (Lipinski definition) is 9. The van der Waals surface area contributed by atoms with Gasteiger partial charge < -0.3 is 20.1 Å². The molecule has 3 aromatic rings. The van der Waals surface area contributed by atoms with Gasteiger partial charge in [0, 0.05) is 19.3 Å². The summed E-state index contributed by atoms with van der Waals surface area (Å²) in [5.41, 5.74) is 0.907. The van der Waals surface area contributed by atoms with Crippen LogP contribution in [0.4, 0.5) is 30.8 Å². The third-order valence-electron chi connectivity index (χ3n) is 5.07. The first-order chi connectivity index (χ1) is 15.8. The zero-order valence-electron chi connectivity index (χ0n) is 17.4. The van der Waals surface area contributed by atoms with Crippen molar-refractivity contribution in [2.75, 3.05) is 36.5 Å². The van der Waals surface area contributed by atoms with E-state index in [1.807, 2.05) is 0 Å². The SMILES string of the molecule is O=C(O)[C@H]1CCCN(c2nc(Nc3ccncn3)c3c(cnn3CCOCC(F)(F)F)n2)C1. The highest BCUT2D eigenvalue weighted by molar-refractivity contribution is 5.88. The molecule has 0 unspecified atom stereocenters. The van der Waals surface area contributed by atoms with Crippen LogP contribution in [0.1, 0.15) is 12.8 Å². The summed E-state index contributed by atoms with van der Waals surface area (Å²) in [6.07, 6.45) is 1.23. The quantitative estimate of drug-likeness (QED) is 0.477. The van der Waals surface area contributed by atoms with E-state index in [0.29, 0.717) is 48.0 Å². The van der Waals surface area contributed by atoms with Gasteiger partial charge in [-0.25, -0.2) is 15.0 Å². The van der Waals surface area contributed by atoms with Gasteiger partial charge in [-0.3, -0.25) is 9.48 Å². The molecule has 33 heavy (non-hydrogen) atoms. The molecule has 0 aliphatic carbocycles. The first kappa shape index (κ1) is 22.6. The van der Waals surface area contributed by atoms with Gasteiger partial charge in [-0.2, -0.15) is 23.3 Å². The predicted molar refractivity (Wildman–Crippen MR) is 110 cm³/mol. The van der Waals surface area contributed by atoms with Gasteiger partial charge in [-0.05, 0) is 18.9 Å². The summed E-state index contributed by atoms with van der Waals surface area (Å²) in [6, 6.07) is 1.63. The standard InChI is InChI=1S/C19H21F3N8O3/c20-19(21,22)10-33-7-6-30-15-13(8-25-30)26-18(29-5-1-2-12(9-29)17(31)32)28-16(15)27-14-3-4-23-11-24-14/h3-4,8,11-12H,1-2,5-7,9-10H2,(H,31,32)(H,23,24,26,27,28)/t12-/m0/s1. The maximum absolute atomic E-state index is 12.3. The van der Waals surface area contributed by atoms with Gasteiger partial charge >= 0.3 is 12.1 Å². The summed E-state index contributed by atoms with van der Waals surface area (Å²) < 4.78 is 43.2. The van der Waals surface area contributed by atoms with Crippen LogP contribution in [0.15, 0.2) is 24.8 Å². The Morgan fingerprint density at radius 1 is 1.33 bits per heavy atom. The van der Waals surface area contributed by atoms with E-state index < -0.39 is 24.7 Å². The number of carboxylic acids is 1. The molecule has 0 amide bonds. The number of anilines is 3. The zero-order chi connectivity index (χ0) is 23.4. The smallest absolute Gasteiger partial charge is 0.411 e. The second kappa shape index (κ2) is 9.52. The first-order valence-electron chi connectivity index (χ1n) is 10.2. The molecule has 0 spiro atoms. The Morgan fingerprint density at radius 2 is 2.18 bits per heavy atom. The Hall–Kier alpha value is -3.55. The van der Waals surface area contributed by atoms with Crippen LogP contribution in [0.2, 0.25) is 0 Å². The summed E-state index contributed by atoms with van der Waals surface area (Å²) in [5, 5.41) is 16.7. The van der Waals surface area contributed by atoms with Crippen LogP contribution in [0.3, 0.4) is 0 Å². The molecule has 1 saturated heterocycles. The Morgan fingerprint density at radius 3 is 2.91 bits per heavy atom. The van der Waals surface area contributed by atoms with Gasteiger partial charge in [-0.15, -0.1) is 0 Å². The molecule has 11 nitrogen and oxygen atoms in total. The number of ether oxygens (including phenoxy) is 1. The highest BCUT2D eigenvalue weighted by atomic mass is 19.4. The molecule has 0 saturated carbocycles. The molecule has 3 aromatic heterocycles. The second-order valence-corrected chi connectivity index (χ2v) is 7.48. The Bertz CT molecular complexity index is 1110. The van der Waals surface area contributed by atoms with Crippen molar-refractivity contribution in [2.45, 2.75) is 25.6 Å². The number of carbonyl (C=O) groups is 1. The summed E-state index contributed by atoms with van der Waals surface area (Å²) in [7, 11) is 0. The average molecular weight is 466 g/mol. The molecule has 1 aliphatic heterocycles. The van der Waals surface area contributed by atoms with Crippen molar-refractivity contribution in [1.29, 1.82) is 0 Å². The topological polar surface area (TPSA) is 131 Å². The number of aliphatic carboxylic acids is 1. The van der Waals surface area contributed by atoms with E-state index in [0.717, 1.165) is 0 Å². The van der Waals surface area contributed by atoms with Gasteiger partial charge in [0.25, 0.3) is 0 Å². The van der Waals surface area contributed by atoms with E-state index in [1.165, 1.54) is 17.2 Å².